The zero-order chi connectivity index (χ0) is 20.8. The van der Waals surface area contributed by atoms with Gasteiger partial charge in [0, 0.05) is 46.0 Å². The number of amides is 1. The van der Waals surface area contributed by atoms with E-state index in [2.05, 4.69) is 28.6 Å². The highest BCUT2D eigenvalue weighted by Gasteiger charge is 2.59. The first kappa shape index (κ1) is 20.1. The van der Waals surface area contributed by atoms with Crippen LogP contribution in [0.25, 0.3) is 11.1 Å². The lowest BCUT2D eigenvalue weighted by Gasteiger charge is -2.20. The molecule has 1 amide bonds. The van der Waals surface area contributed by atoms with Crippen molar-refractivity contribution < 1.29 is 13.7 Å². The number of nitrogens with zero attached hydrogens (tertiary/aromatic N) is 2. The maximum atomic E-state index is 12.2. The Balaban J connectivity index is 1.50. The minimum absolute atomic E-state index is 0.0390. The number of hydrogen-bond acceptors (Lipinski definition) is 4. The average Bonchev–Trinajstić information content (AvgIpc) is 2.98. The Kier molecular flexibility index (Phi) is 5.05. The third kappa shape index (κ3) is 4.25. The van der Waals surface area contributed by atoms with Crippen molar-refractivity contribution in [1.82, 2.24) is 15.1 Å². The van der Waals surface area contributed by atoms with Crippen molar-refractivity contribution in [1.29, 1.82) is 0 Å². The maximum absolute atomic E-state index is 12.2. The smallest absolute Gasteiger partial charge is 0.407 e. The molecule has 0 bridgehead atoms. The van der Waals surface area contributed by atoms with Gasteiger partial charge in [-0.25, -0.2) is 4.79 Å². The van der Waals surface area contributed by atoms with Crippen LogP contribution in [0.2, 0.25) is 0 Å². The van der Waals surface area contributed by atoms with Gasteiger partial charge in [0.2, 0.25) is 0 Å². The van der Waals surface area contributed by atoms with Gasteiger partial charge < -0.3 is 10.1 Å². The summed E-state index contributed by atoms with van der Waals surface area (Å²) in [6.07, 6.45) is 8.33. The second-order valence-corrected chi connectivity index (χ2v) is 10.8. The van der Waals surface area contributed by atoms with Crippen molar-refractivity contribution in [2.24, 2.45) is 0 Å². The van der Waals surface area contributed by atoms with Crippen molar-refractivity contribution in [3.05, 3.63) is 41.7 Å². The van der Waals surface area contributed by atoms with Gasteiger partial charge in [0.25, 0.3) is 0 Å². The van der Waals surface area contributed by atoms with E-state index in [1.165, 1.54) is 11.1 Å². The van der Waals surface area contributed by atoms with E-state index in [9.17, 15) is 9.00 Å². The standard InChI is InChI=1S/C22H29N3O3S/c1-21(2,3)28-20(26)24-19-12-22(19)8-7-15-5-6-16(11-18(15)22)17-13-23-25(14-17)9-10-29(4)27/h5-6,11,13-14,19H,7-10,12H2,1-4H3,(H,24,26). The number of carbonyl (C=O) groups is 1. The second kappa shape index (κ2) is 7.27. The first-order valence-electron chi connectivity index (χ1n) is 10.1. The van der Waals surface area contributed by atoms with E-state index in [1.54, 1.807) is 6.26 Å². The molecule has 6 nitrogen and oxygen atoms in total. The Hall–Kier alpha value is -2.15. The van der Waals surface area contributed by atoms with Crippen molar-refractivity contribution in [2.75, 3.05) is 12.0 Å². The van der Waals surface area contributed by atoms with E-state index in [-0.39, 0.29) is 17.6 Å². The van der Waals surface area contributed by atoms with Crippen LogP contribution in [0, 0.1) is 0 Å². The molecule has 0 aliphatic heterocycles. The molecule has 0 radical (unpaired) electrons. The molecule has 0 saturated heterocycles. The lowest BCUT2D eigenvalue weighted by Crippen LogP contribution is -2.36. The highest BCUT2D eigenvalue weighted by molar-refractivity contribution is 7.84. The van der Waals surface area contributed by atoms with Gasteiger partial charge in [0.1, 0.15) is 5.60 Å². The first-order chi connectivity index (χ1) is 13.7. The summed E-state index contributed by atoms with van der Waals surface area (Å²) in [4.78, 5) is 12.2. The molecule has 1 heterocycles. The van der Waals surface area contributed by atoms with Crippen LogP contribution in [-0.4, -0.2) is 43.7 Å². The summed E-state index contributed by atoms with van der Waals surface area (Å²) in [5, 5.41) is 7.48. The third-order valence-electron chi connectivity index (χ3n) is 5.83. The van der Waals surface area contributed by atoms with Gasteiger partial charge in [-0.2, -0.15) is 5.10 Å². The molecule has 1 N–H and O–H groups in total. The van der Waals surface area contributed by atoms with Gasteiger partial charge in [-0.1, -0.05) is 18.2 Å². The van der Waals surface area contributed by atoms with E-state index in [1.807, 2.05) is 37.8 Å². The fourth-order valence-corrected chi connectivity index (χ4v) is 4.75. The van der Waals surface area contributed by atoms with Crippen molar-refractivity contribution in [3.63, 3.8) is 0 Å². The van der Waals surface area contributed by atoms with Gasteiger partial charge in [0.15, 0.2) is 0 Å². The van der Waals surface area contributed by atoms with E-state index in [4.69, 9.17) is 4.74 Å². The number of aromatic nitrogens is 2. The molecule has 7 heteroatoms. The molecule has 3 unspecified atom stereocenters. The number of ether oxygens (including phenoxy) is 1. The number of rotatable bonds is 5. The molecule has 2 aliphatic carbocycles. The average molecular weight is 416 g/mol. The number of alkyl carbamates (subject to hydrolysis) is 1. The number of aryl methyl sites for hydroxylation is 2. The van der Waals surface area contributed by atoms with Crippen LogP contribution in [0.5, 0.6) is 0 Å². The SMILES string of the molecule is CS(=O)CCn1cc(-c2ccc3c(c2)C2(CC3)CC2NC(=O)OC(C)(C)C)cn1. The zero-order valence-electron chi connectivity index (χ0n) is 17.5. The Morgan fingerprint density at radius 2 is 2.17 bits per heavy atom. The highest BCUT2D eigenvalue weighted by Crippen LogP contribution is 2.57. The number of benzene rings is 1. The topological polar surface area (TPSA) is 73.2 Å². The van der Waals surface area contributed by atoms with E-state index < -0.39 is 16.4 Å². The van der Waals surface area contributed by atoms with Crippen LogP contribution >= 0.6 is 0 Å². The molecule has 1 spiro atoms. The summed E-state index contributed by atoms with van der Waals surface area (Å²) in [6.45, 7) is 6.29. The van der Waals surface area contributed by atoms with E-state index >= 15 is 0 Å². The molecule has 1 aromatic carbocycles. The number of carbonyl (C=O) groups excluding carboxylic acids is 1. The minimum atomic E-state index is -0.825. The molecule has 2 aliphatic rings. The van der Waals surface area contributed by atoms with Gasteiger partial charge in [-0.3, -0.25) is 8.89 Å². The first-order valence-corrected chi connectivity index (χ1v) is 11.8. The molecule has 156 valence electrons. The summed E-state index contributed by atoms with van der Waals surface area (Å²) in [7, 11) is -0.825. The van der Waals surface area contributed by atoms with Gasteiger partial charge in [-0.05, 0) is 56.7 Å². The molecule has 4 rings (SSSR count). The molecule has 2 aromatic rings. The minimum Gasteiger partial charge on any atom is -0.444 e. The van der Waals surface area contributed by atoms with Crippen molar-refractivity contribution >= 4 is 16.9 Å². The quantitative estimate of drug-likeness (QED) is 0.812. The molecular formula is C22H29N3O3S. The number of fused-ring (bicyclic) bond motifs is 2. The summed E-state index contributed by atoms with van der Waals surface area (Å²) >= 11 is 0. The Bertz CT molecular complexity index is 962. The van der Waals surface area contributed by atoms with Crippen molar-refractivity contribution in [3.8, 4) is 11.1 Å². The highest BCUT2D eigenvalue weighted by atomic mass is 32.2. The van der Waals surface area contributed by atoms with Crippen LogP contribution in [0.15, 0.2) is 30.6 Å². The van der Waals surface area contributed by atoms with Crippen molar-refractivity contribution in [2.45, 2.75) is 63.6 Å². The van der Waals surface area contributed by atoms with Crippen LogP contribution in [0.1, 0.15) is 44.7 Å². The van der Waals surface area contributed by atoms with Gasteiger partial charge in [-0.15, -0.1) is 0 Å². The lowest BCUT2D eigenvalue weighted by atomic mass is 9.94. The summed E-state index contributed by atoms with van der Waals surface area (Å²) in [5.41, 5.74) is 4.47. The number of hydrogen-bond donors (Lipinski definition) is 1. The van der Waals surface area contributed by atoms with Crippen LogP contribution in [0.3, 0.4) is 0 Å². The summed E-state index contributed by atoms with van der Waals surface area (Å²) < 4.78 is 18.6. The predicted octanol–water partition coefficient (Wildman–Crippen LogP) is 3.41. The summed E-state index contributed by atoms with van der Waals surface area (Å²) in [6, 6.07) is 6.76. The molecular weight excluding hydrogens is 386 g/mol. The maximum Gasteiger partial charge on any atom is 0.407 e. The van der Waals surface area contributed by atoms with E-state index in [0.717, 1.165) is 30.4 Å². The fourth-order valence-electron chi connectivity index (χ4n) is 4.31. The zero-order valence-corrected chi connectivity index (χ0v) is 18.3. The normalized spacial score (nSPS) is 23.7. The second-order valence-electron chi connectivity index (χ2n) is 9.20. The fraction of sp³-hybridized carbons (Fsp3) is 0.545. The molecule has 1 aromatic heterocycles. The molecule has 1 saturated carbocycles. The Morgan fingerprint density at radius 1 is 1.38 bits per heavy atom. The van der Waals surface area contributed by atoms with Crippen LogP contribution < -0.4 is 5.32 Å². The van der Waals surface area contributed by atoms with Crippen LogP contribution in [-0.2, 0) is 33.9 Å². The molecule has 3 atom stereocenters. The predicted molar refractivity (Wildman–Crippen MR) is 114 cm³/mol. The Labute approximate surface area is 174 Å². The monoisotopic (exact) mass is 415 g/mol. The number of nitrogens with one attached hydrogen (secondary N) is 1. The summed E-state index contributed by atoms with van der Waals surface area (Å²) in [5.74, 6) is 0.604. The third-order valence-corrected chi connectivity index (χ3v) is 6.58. The lowest BCUT2D eigenvalue weighted by molar-refractivity contribution is 0.0519. The molecule has 29 heavy (non-hydrogen) atoms. The Morgan fingerprint density at radius 3 is 2.90 bits per heavy atom. The van der Waals surface area contributed by atoms with Gasteiger partial charge >= 0.3 is 6.09 Å². The van der Waals surface area contributed by atoms with Gasteiger partial charge in [0.05, 0.1) is 12.7 Å². The van der Waals surface area contributed by atoms with Crippen LogP contribution in [0.4, 0.5) is 4.79 Å². The van der Waals surface area contributed by atoms with E-state index in [0.29, 0.717) is 12.3 Å². The molecule has 1 fully saturated rings. The largest absolute Gasteiger partial charge is 0.444 e.